The Kier molecular flexibility index (Phi) is 8.98. The Bertz CT molecular complexity index is 2060. The monoisotopic (exact) mass is 598 g/mol. The first-order valence-corrected chi connectivity index (χ1v) is 15.3. The number of anilines is 3. The lowest BCUT2D eigenvalue weighted by atomic mass is 10.0. The largest absolute Gasteiger partial charge is 0.310 e. The molecule has 0 aliphatic heterocycles. The number of rotatable bonds is 6. The van der Waals surface area contributed by atoms with E-state index in [0.29, 0.717) is 0 Å². The number of benzene rings is 7. The lowest BCUT2D eigenvalue weighted by molar-refractivity contribution is -0.384. The molecule has 46 heavy (non-hydrogen) atoms. The molecule has 0 spiro atoms. The first-order valence-electron chi connectivity index (χ1n) is 15.3. The highest BCUT2D eigenvalue weighted by Crippen LogP contribution is 2.40. The predicted octanol–water partition coefficient (Wildman–Crippen LogP) is 11.9. The van der Waals surface area contributed by atoms with Gasteiger partial charge in [0, 0.05) is 28.9 Å². The third-order valence-corrected chi connectivity index (χ3v) is 7.97. The van der Waals surface area contributed by atoms with Gasteiger partial charge in [-0.25, -0.2) is 0 Å². The molecule has 0 aromatic heterocycles. The van der Waals surface area contributed by atoms with Crippen LogP contribution in [-0.2, 0) is 0 Å². The number of nitrogens with zero attached hydrogens (tertiary/aromatic N) is 2. The minimum Gasteiger partial charge on any atom is -0.310 e. The molecule has 0 radical (unpaired) electrons. The van der Waals surface area contributed by atoms with Crippen LogP contribution in [0.15, 0.2) is 170 Å². The van der Waals surface area contributed by atoms with Gasteiger partial charge >= 0.3 is 0 Å². The zero-order chi connectivity index (χ0) is 31.9. The summed E-state index contributed by atoms with van der Waals surface area (Å²) in [5.41, 5.74) is 10.8. The SMILES string of the molecule is Cc1ccc(-c2ccc(N(c3cccc(-c4ccccc4)c3)c3cccc4ccccc34)cc2)cc1.Cc1ccc([N+](=O)[O-])cc1. The van der Waals surface area contributed by atoms with E-state index in [9.17, 15) is 10.1 Å². The smallest absolute Gasteiger partial charge is 0.269 e. The number of aryl methyl sites for hydroxylation is 2. The average Bonchev–Trinajstić information content (AvgIpc) is 3.10. The Morgan fingerprint density at radius 3 is 1.67 bits per heavy atom. The van der Waals surface area contributed by atoms with Gasteiger partial charge in [-0.15, -0.1) is 0 Å². The normalized spacial score (nSPS) is 10.6. The first kappa shape index (κ1) is 30.0. The molecule has 0 heterocycles. The number of nitro benzene ring substituents is 1. The van der Waals surface area contributed by atoms with Gasteiger partial charge in [-0.1, -0.05) is 139 Å². The van der Waals surface area contributed by atoms with Crippen molar-refractivity contribution < 1.29 is 4.92 Å². The van der Waals surface area contributed by atoms with Crippen LogP contribution < -0.4 is 4.90 Å². The van der Waals surface area contributed by atoms with Gasteiger partial charge in [0.2, 0.25) is 0 Å². The first-order chi connectivity index (χ1) is 22.5. The second-order valence-electron chi connectivity index (χ2n) is 11.3. The van der Waals surface area contributed by atoms with Crippen LogP contribution >= 0.6 is 0 Å². The molecule has 0 unspecified atom stereocenters. The summed E-state index contributed by atoms with van der Waals surface area (Å²) >= 11 is 0. The molecule has 0 saturated carbocycles. The zero-order valence-electron chi connectivity index (χ0n) is 25.9. The summed E-state index contributed by atoms with van der Waals surface area (Å²) in [6.45, 7) is 4.02. The molecule has 0 N–H and O–H groups in total. The predicted molar refractivity (Wildman–Crippen MR) is 192 cm³/mol. The average molecular weight is 599 g/mol. The summed E-state index contributed by atoms with van der Waals surface area (Å²) < 4.78 is 0. The lowest BCUT2D eigenvalue weighted by Gasteiger charge is -2.27. The highest BCUT2D eigenvalue weighted by atomic mass is 16.6. The summed E-state index contributed by atoms with van der Waals surface area (Å²) in [4.78, 5) is 12.1. The number of hydrogen-bond donors (Lipinski definition) is 0. The van der Waals surface area contributed by atoms with E-state index in [0.717, 1.165) is 16.9 Å². The second-order valence-corrected chi connectivity index (χ2v) is 11.3. The Morgan fingerprint density at radius 1 is 0.478 bits per heavy atom. The van der Waals surface area contributed by atoms with Gasteiger partial charge in [0.1, 0.15) is 0 Å². The van der Waals surface area contributed by atoms with Gasteiger partial charge in [0.15, 0.2) is 0 Å². The van der Waals surface area contributed by atoms with Crippen LogP contribution in [0.5, 0.6) is 0 Å². The van der Waals surface area contributed by atoms with Crippen molar-refractivity contribution in [1.82, 2.24) is 0 Å². The quantitative estimate of drug-likeness (QED) is 0.141. The maximum atomic E-state index is 10.1. The third kappa shape index (κ3) is 6.87. The molecule has 224 valence electrons. The van der Waals surface area contributed by atoms with E-state index in [1.54, 1.807) is 12.1 Å². The van der Waals surface area contributed by atoms with E-state index in [1.165, 1.54) is 56.4 Å². The van der Waals surface area contributed by atoms with Crippen molar-refractivity contribution in [1.29, 1.82) is 0 Å². The standard InChI is InChI=1S/C35H27N.C7H7NO2/c1-26-17-19-28(20-18-26)29-21-23-32(24-22-29)36(35-16-8-12-30-11-5-6-15-34(30)35)33-14-7-13-31(25-33)27-9-3-2-4-10-27;1-6-2-4-7(5-3-6)8(9)10/h2-25H,1H3;2-5H,1H3. The Morgan fingerprint density at radius 2 is 1.00 bits per heavy atom. The molecule has 4 heteroatoms. The van der Waals surface area contributed by atoms with Crippen LogP contribution in [0.4, 0.5) is 22.7 Å². The maximum absolute atomic E-state index is 10.1. The minimum absolute atomic E-state index is 0.144. The van der Waals surface area contributed by atoms with Crippen molar-refractivity contribution in [3.63, 3.8) is 0 Å². The van der Waals surface area contributed by atoms with Crippen molar-refractivity contribution in [2.24, 2.45) is 0 Å². The van der Waals surface area contributed by atoms with Gasteiger partial charge in [0.05, 0.1) is 10.6 Å². The van der Waals surface area contributed by atoms with E-state index < -0.39 is 4.92 Å². The highest BCUT2D eigenvalue weighted by Gasteiger charge is 2.16. The molecule has 7 aromatic rings. The van der Waals surface area contributed by atoms with Gasteiger partial charge < -0.3 is 4.90 Å². The van der Waals surface area contributed by atoms with Crippen molar-refractivity contribution in [3.8, 4) is 22.3 Å². The summed E-state index contributed by atoms with van der Waals surface area (Å²) in [7, 11) is 0. The number of non-ortho nitro benzene ring substituents is 1. The van der Waals surface area contributed by atoms with Gasteiger partial charge in [0.25, 0.3) is 5.69 Å². The van der Waals surface area contributed by atoms with Crippen LogP contribution in [0.2, 0.25) is 0 Å². The number of fused-ring (bicyclic) bond motifs is 1. The van der Waals surface area contributed by atoms with Gasteiger partial charge in [-0.05, 0) is 71.8 Å². The molecule has 0 aliphatic rings. The van der Waals surface area contributed by atoms with Crippen molar-refractivity contribution in [3.05, 3.63) is 191 Å². The minimum atomic E-state index is -0.403. The fraction of sp³-hybridized carbons (Fsp3) is 0.0476. The number of hydrogen-bond acceptors (Lipinski definition) is 3. The summed E-state index contributed by atoms with van der Waals surface area (Å²) in [5.74, 6) is 0. The summed E-state index contributed by atoms with van der Waals surface area (Å²) in [6.07, 6.45) is 0. The fourth-order valence-corrected chi connectivity index (χ4v) is 5.50. The van der Waals surface area contributed by atoms with Crippen molar-refractivity contribution in [2.75, 3.05) is 4.90 Å². The van der Waals surface area contributed by atoms with E-state index in [-0.39, 0.29) is 5.69 Å². The molecule has 0 bridgehead atoms. The molecule has 4 nitrogen and oxygen atoms in total. The molecule has 7 aromatic carbocycles. The van der Waals surface area contributed by atoms with Crippen LogP contribution in [0.1, 0.15) is 11.1 Å². The van der Waals surface area contributed by atoms with Crippen LogP contribution in [-0.4, -0.2) is 4.92 Å². The van der Waals surface area contributed by atoms with Crippen LogP contribution in [0, 0.1) is 24.0 Å². The second kappa shape index (κ2) is 13.7. The Balaban J connectivity index is 0.000000319. The zero-order valence-corrected chi connectivity index (χ0v) is 25.9. The van der Waals surface area contributed by atoms with Gasteiger partial charge in [-0.3, -0.25) is 10.1 Å². The number of nitro groups is 1. The highest BCUT2D eigenvalue weighted by molar-refractivity contribution is 5.99. The maximum Gasteiger partial charge on any atom is 0.269 e. The summed E-state index contributed by atoms with van der Waals surface area (Å²) in [5, 5.41) is 12.6. The van der Waals surface area contributed by atoms with Crippen LogP contribution in [0.3, 0.4) is 0 Å². The van der Waals surface area contributed by atoms with Gasteiger partial charge in [-0.2, -0.15) is 0 Å². The van der Waals surface area contributed by atoms with Crippen molar-refractivity contribution >= 4 is 33.5 Å². The Hall–Kier alpha value is -6.00. The molecule has 0 aliphatic carbocycles. The fourth-order valence-electron chi connectivity index (χ4n) is 5.50. The topological polar surface area (TPSA) is 46.4 Å². The summed E-state index contributed by atoms with van der Waals surface area (Å²) in [6, 6.07) is 58.6. The molecular formula is C42H34N2O2. The van der Waals surface area contributed by atoms with E-state index >= 15 is 0 Å². The molecule has 0 fully saturated rings. The molecule has 0 amide bonds. The van der Waals surface area contributed by atoms with E-state index in [1.807, 2.05) is 6.92 Å². The van der Waals surface area contributed by atoms with Crippen molar-refractivity contribution in [2.45, 2.75) is 13.8 Å². The molecule has 0 atom stereocenters. The third-order valence-electron chi connectivity index (χ3n) is 7.97. The Labute approximate surface area is 270 Å². The van der Waals surface area contributed by atoms with Crippen LogP contribution in [0.25, 0.3) is 33.0 Å². The molecule has 7 rings (SSSR count). The van der Waals surface area contributed by atoms with E-state index in [4.69, 9.17) is 0 Å². The molecule has 0 saturated heterocycles. The van der Waals surface area contributed by atoms with E-state index in [2.05, 4.69) is 157 Å². The molecular weight excluding hydrogens is 564 g/mol. The lowest BCUT2D eigenvalue weighted by Crippen LogP contribution is -2.10.